The van der Waals surface area contributed by atoms with E-state index >= 15 is 0 Å². The molecule has 2 N–H and O–H groups in total. The molecule has 0 aromatic rings. The molecule has 0 saturated carbocycles. The van der Waals surface area contributed by atoms with Crippen LogP contribution in [-0.4, -0.2) is 36.4 Å². The summed E-state index contributed by atoms with van der Waals surface area (Å²) in [5.41, 5.74) is -0.0988. The molecule has 0 unspecified atom stereocenters. The predicted octanol–water partition coefficient (Wildman–Crippen LogP) is -0.551. The SMILES string of the molecule is CC1(NCC(=O)O)COC1. The maximum Gasteiger partial charge on any atom is 0.317 e. The summed E-state index contributed by atoms with van der Waals surface area (Å²) in [4.78, 5) is 10.1. The number of carbonyl (C=O) groups is 1. The van der Waals surface area contributed by atoms with Crippen molar-refractivity contribution in [1.82, 2.24) is 5.32 Å². The summed E-state index contributed by atoms with van der Waals surface area (Å²) < 4.78 is 4.91. The van der Waals surface area contributed by atoms with Gasteiger partial charge >= 0.3 is 5.97 Å². The number of hydrogen-bond donors (Lipinski definition) is 2. The summed E-state index contributed by atoms with van der Waals surface area (Å²) in [6.07, 6.45) is 0. The van der Waals surface area contributed by atoms with Crippen LogP contribution in [0.5, 0.6) is 0 Å². The highest BCUT2D eigenvalue weighted by atomic mass is 16.5. The summed E-state index contributed by atoms with van der Waals surface area (Å²) in [5.74, 6) is -0.826. The van der Waals surface area contributed by atoms with E-state index in [1.807, 2.05) is 6.92 Å². The van der Waals surface area contributed by atoms with Crippen LogP contribution in [-0.2, 0) is 9.53 Å². The molecular weight excluding hydrogens is 134 g/mol. The van der Waals surface area contributed by atoms with Crippen LogP contribution in [0.4, 0.5) is 0 Å². The van der Waals surface area contributed by atoms with Crippen LogP contribution in [0.15, 0.2) is 0 Å². The van der Waals surface area contributed by atoms with Crippen molar-refractivity contribution in [2.75, 3.05) is 19.8 Å². The fourth-order valence-electron chi connectivity index (χ4n) is 0.799. The largest absolute Gasteiger partial charge is 0.480 e. The minimum atomic E-state index is -0.826. The lowest BCUT2D eigenvalue weighted by molar-refractivity contribution is -0.138. The van der Waals surface area contributed by atoms with Crippen molar-refractivity contribution in [3.05, 3.63) is 0 Å². The Bertz CT molecular complexity index is 142. The Kier molecular flexibility index (Phi) is 1.92. The number of carboxylic acids is 1. The molecule has 1 rings (SSSR count). The third-order valence-corrected chi connectivity index (χ3v) is 1.51. The van der Waals surface area contributed by atoms with Gasteiger partial charge in [-0.1, -0.05) is 0 Å². The van der Waals surface area contributed by atoms with Gasteiger partial charge in [0, 0.05) is 0 Å². The molecule has 0 aromatic heterocycles. The molecule has 1 fully saturated rings. The zero-order valence-electron chi connectivity index (χ0n) is 5.89. The summed E-state index contributed by atoms with van der Waals surface area (Å²) >= 11 is 0. The van der Waals surface area contributed by atoms with E-state index in [2.05, 4.69) is 5.32 Å². The lowest BCUT2D eigenvalue weighted by Gasteiger charge is -2.38. The molecule has 58 valence electrons. The summed E-state index contributed by atoms with van der Waals surface area (Å²) in [7, 11) is 0. The maximum atomic E-state index is 10.1. The number of hydrogen-bond acceptors (Lipinski definition) is 3. The Labute approximate surface area is 59.2 Å². The minimum Gasteiger partial charge on any atom is -0.480 e. The van der Waals surface area contributed by atoms with Gasteiger partial charge in [-0.05, 0) is 6.92 Å². The van der Waals surface area contributed by atoms with Crippen LogP contribution in [0.3, 0.4) is 0 Å². The lowest BCUT2D eigenvalue weighted by atomic mass is 10.0. The second-order valence-corrected chi connectivity index (χ2v) is 2.80. The first-order chi connectivity index (χ1) is 4.62. The number of carboxylic acid groups (broad SMARTS) is 1. The molecule has 0 spiro atoms. The molecule has 4 heteroatoms. The van der Waals surface area contributed by atoms with Gasteiger partial charge in [-0.15, -0.1) is 0 Å². The normalized spacial score (nSPS) is 21.7. The molecule has 4 nitrogen and oxygen atoms in total. The highest BCUT2D eigenvalue weighted by Gasteiger charge is 2.32. The second kappa shape index (κ2) is 2.56. The fourth-order valence-corrected chi connectivity index (χ4v) is 0.799. The Hall–Kier alpha value is -0.610. The molecule has 0 amide bonds. The van der Waals surface area contributed by atoms with Gasteiger partial charge in [0.1, 0.15) is 0 Å². The van der Waals surface area contributed by atoms with Crippen LogP contribution in [0.25, 0.3) is 0 Å². The van der Waals surface area contributed by atoms with Gasteiger partial charge in [0.05, 0.1) is 25.3 Å². The van der Waals surface area contributed by atoms with Crippen molar-refractivity contribution in [3.8, 4) is 0 Å². The van der Waals surface area contributed by atoms with E-state index < -0.39 is 5.97 Å². The molecule has 0 radical (unpaired) electrons. The molecule has 10 heavy (non-hydrogen) atoms. The van der Waals surface area contributed by atoms with E-state index in [0.29, 0.717) is 13.2 Å². The van der Waals surface area contributed by atoms with Crippen LogP contribution in [0, 0.1) is 0 Å². The van der Waals surface area contributed by atoms with Gasteiger partial charge in [-0.2, -0.15) is 0 Å². The third-order valence-electron chi connectivity index (χ3n) is 1.51. The first-order valence-electron chi connectivity index (χ1n) is 3.17. The number of nitrogens with one attached hydrogen (secondary N) is 1. The van der Waals surface area contributed by atoms with E-state index in [1.165, 1.54) is 0 Å². The topological polar surface area (TPSA) is 58.6 Å². The van der Waals surface area contributed by atoms with Gasteiger partial charge in [0.2, 0.25) is 0 Å². The number of rotatable bonds is 3. The smallest absolute Gasteiger partial charge is 0.317 e. The highest BCUT2D eigenvalue weighted by Crippen LogP contribution is 2.14. The molecule has 0 atom stereocenters. The molecule has 0 aromatic carbocycles. The predicted molar refractivity (Wildman–Crippen MR) is 34.9 cm³/mol. The lowest BCUT2D eigenvalue weighted by Crippen LogP contribution is -2.59. The Balaban J connectivity index is 2.18. The van der Waals surface area contributed by atoms with E-state index in [0.717, 1.165) is 0 Å². The highest BCUT2D eigenvalue weighted by molar-refractivity contribution is 5.69. The fraction of sp³-hybridized carbons (Fsp3) is 0.833. The van der Waals surface area contributed by atoms with Gasteiger partial charge in [0.25, 0.3) is 0 Å². The standard InChI is InChI=1S/C6H11NO3/c1-6(3-10-4-6)7-2-5(8)9/h7H,2-4H2,1H3,(H,8,9). The van der Waals surface area contributed by atoms with Crippen molar-refractivity contribution in [1.29, 1.82) is 0 Å². The maximum absolute atomic E-state index is 10.1. The van der Waals surface area contributed by atoms with Crippen molar-refractivity contribution >= 4 is 5.97 Å². The molecule has 1 saturated heterocycles. The second-order valence-electron chi connectivity index (χ2n) is 2.80. The van der Waals surface area contributed by atoms with Gasteiger partial charge in [-0.25, -0.2) is 0 Å². The molecule has 0 aliphatic carbocycles. The quantitative estimate of drug-likeness (QED) is 0.559. The average molecular weight is 145 g/mol. The molecular formula is C6H11NO3. The third kappa shape index (κ3) is 1.68. The first kappa shape index (κ1) is 7.50. The van der Waals surface area contributed by atoms with E-state index in [1.54, 1.807) is 0 Å². The Morgan fingerprint density at radius 2 is 2.40 bits per heavy atom. The molecule has 1 aliphatic rings. The number of ether oxygens (including phenoxy) is 1. The Morgan fingerprint density at radius 3 is 2.70 bits per heavy atom. The van der Waals surface area contributed by atoms with Crippen molar-refractivity contribution in [2.45, 2.75) is 12.5 Å². The molecule has 0 bridgehead atoms. The van der Waals surface area contributed by atoms with Crippen LogP contribution >= 0.6 is 0 Å². The number of aliphatic carboxylic acids is 1. The van der Waals surface area contributed by atoms with Gasteiger partial charge < -0.3 is 9.84 Å². The van der Waals surface area contributed by atoms with E-state index in [-0.39, 0.29) is 12.1 Å². The Morgan fingerprint density at radius 1 is 1.80 bits per heavy atom. The zero-order valence-corrected chi connectivity index (χ0v) is 5.89. The van der Waals surface area contributed by atoms with E-state index in [4.69, 9.17) is 9.84 Å². The summed E-state index contributed by atoms with van der Waals surface area (Å²) in [6.45, 7) is 3.18. The first-order valence-corrected chi connectivity index (χ1v) is 3.17. The van der Waals surface area contributed by atoms with Crippen LogP contribution < -0.4 is 5.32 Å². The molecule has 1 heterocycles. The zero-order chi connectivity index (χ0) is 7.61. The molecule has 1 aliphatic heterocycles. The van der Waals surface area contributed by atoms with E-state index in [9.17, 15) is 4.79 Å². The van der Waals surface area contributed by atoms with Gasteiger partial charge in [-0.3, -0.25) is 10.1 Å². The van der Waals surface area contributed by atoms with Crippen molar-refractivity contribution in [2.24, 2.45) is 0 Å². The van der Waals surface area contributed by atoms with Crippen LogP contribution in [0.2, 0.25) is 0 Å². The summed E-state index contributed by atoms with van der Waals surface area (Å²) in [6, 6.07) is 0. The summed E-state index contributed by atoms with van der Waals surface area (Å²) in [5, 5.41) is 11.2. The average Bonchev–Trinajstić information content (AvgIpc) is 1.79. The van der Waals surface area contributed by atoms with Crippen molar-refractivity contribution < 1.29 is 14.6 Å². The van der Waals surface area contributed by atoms with Crippen molar-refractivity contribution in [3.63, 3.8) is 0 Å². The monoisotopic (exact) mass is 145 g/mol. The van der Waals surface area contributed by atoms with Crippen LogP contribution in [0.1, 0.15) is 6.92 Å². The van der Waals surface area contributed by atoms with Gasteiger partial charge in [0.15, 0.2) is 0 Å². The minimum absolute atomic E-state index is 0.0137.